The van der Waals surface area contributed by atoms with E-state index < -0.39 is 116 Å². The zero-order valence-electron chi connectivity index (χ0n) is 31.0. The summed E-state index contributed by atoms with van der Waals surface area (Å²) in [5, 5.41) is 42.6. The van der Waals surface area contributed by atoms with Crippen LogP contribution in [0.5, 0.6) is 0 Å². The van der Waals surface area contributed by atoms with Gasteiger partial charge in [-0.3, -0.25) is 63.6 Å². The van der Waals surface area contributed by atoms with Gasteiger partial charge in [-0.15, -0.1) is 0 Å². The molecule has 0 aromatic rings. The molecule has 0 spiro atoms. The normalized spacial score (nSPS) is 23.6. The smallest absolute Gasteiger partial charge is 0.331 e. The van der Waals surface area contributed by atoms with Crippen LogP contribution in [-0.2, 0) is 63.6 Å². The highest BCUT2D eigenvalue weighted by molar-refractivity contribution is 7.39. The second kappa shape index (κ2) is 29.1. The highest BCUT2D eigenvalue weighted by Crippen LogP contribution is 2.40. The lowest BCUT2D eigenvalue weighted by Gasteiger charge is -2.37. The average molecular weight is 1040 g/mol. The molecule has 0 aromatic carbocycles. The molecule has 8 unspecified atom stereocenters. The molecule has 1 saturated heterocycles. The first-order chi connectivity index (χ1) is 27.6. The third-order valence-corrected chi connectivity index (χ3v) is 11.7. The van der Waals surface area contributed by atoms with E-state index in [1.54, 1.807) is 0 Å². The fourth-order valence-electron chi connectivity index (χ4n) is 5.22. The summed E-state index contributed by atoms with van der Waals surface area (Å²) in [7, 11) is -30.5. The Kier molecular flexibility index (Phi) is 28.7. The first-order valence-electron chi connectivity index (χ1n) is 16.7. The van der Waals surface area contributed by atoms with E-state index in [1.165, 1.54) is 19.6 Å². The van der Waals surface area contributed by atoms with Crippen molar-refractivity contribution in [1.29, 1.82) is 0 Å². The van der Waals surface area contributed by atoms with E-state index in [-0.39, 0.29) is 78.5 Å². The molecule has 8 atom stereocenters. The summed E-state index contributed by atoms with van der Waals surface area (Å²) in [6.45, 7) is -1.90. The summed E-state index contributed by atoms with van der Waals surface area (Å²) in [6.07, 6.45) is -2.92. The maximum absolute atomic E-state index is 11.4. The van der Waals surface area contributed by atoms with Crippen LogP contribution in [0, 0.1) is 0 Å². The Morgan fingerprint density at radius 2 is 0.533 bits per heavy atom. The zero-order valence-corrected chi connectivity index (χ0v) is 38.8. The van der Waals surface area contributed by atoms with Gasteiger partial charge in [-0.25, -0.2) is 0 Å². The monoisotopic (exact) mass is 1040 g/mol. The van der Waals surface area contributed by atoms with Crippen molar-refractivity contribution in [2.75, 3.05) is 78.5 Å². The van der Waals surface area contributed by atoms with Gasteiger partial charge in [-0.2, -0.15) is 0 Å². The molecule has 0 radical (unpaired) electrons. The molecule has 0 aliphatic carbocycles. The van der Waals surface area contributed by atoms with Gasteiger partial charge in [0.05, 0.1) is 0 Å². The SMILES string of the molecule is O=[PH](O)OC(O)(CCN1CCN(CCC(O)(OP(O)O)O[PH](=O)O)CCN(CCC(O)(O[PH](=O)O)O[PH](=O)O)CCN(CCC(O)(O[PH](=O)O)O[PH](=O)O)CC1)OP(O)O. The van der Waals surface area contributed by atoms with Crippen molar-refractivity contribution in [2.24, 2.45) is 0 Å². The summed E-state index contributed by atoms with van der Waals surface area (Å²) >= 11 is 0. The summed E-state index contributed by atoms with van der Waals surface area (Å²) in [5.41, 5.74) is 0. The number of nitrogens with zero attached hydrogens (tertiary/aromatic N) is 4. The zero-order chi connectivity index (χ0) is 45.9. The fourth-order valence-corrected chi connectivity index (χ4v) is 8.79. The predicted molar refractivity (Wildman–Crippen MR) is 203 cm³/mol. The maximum atomic E-state index is 11.4. The molecule has 1 aliphatic heterocycles. The molecule has 40 heteroatoms. The van der Waals surface area contributed by atoms with Crippen LogP contribution in [0.3, 0.4) is 0 Å². The van der Waals surface area contributed by atoms with Gasteiger partial charge in [-0.05, 0) is 0 Å². The van der Waals surface area contributed by atoms with Crippen molar-refractivity contribution in [3.05, 3.63) is 0 Å². The first kappa shape index (κ1) is 59.2. The Hall–Kier alpha value is 1.20. The van der Waals surface area contributed by atoms with E-state index in [9.17, 15) is 96.8 Å². The van der Waals surface area contributed by atoms with Crippen molar-refractivity contribution in [1.82, 2.24) is 19.6 Å². The molecule has 0 bridgehead atoms. The predicted octanol–water partition coefficient (Wildman–Crippen LogP) is -3.80. The lowest BCUT2D eigenvalue weighted by Crippen LogP contribution is -2.49. The van der Waals surface area contributed by atoms with E-state index >= 15 is 0 Å². The minimum absolute atomic E-state index is 0.0686. The molecule has 1 heterocycles. The molecule has 0 saturated carbocycles. The topological polar surface area (TPSA) is 472 Å². The molecule has 60 heavy (non-hydrogen) atoms. The number of hydrogen-bond acceptors (Lipinski definition) is 26. The van der Waals surface area contributed by atoms with Crippen molar-refractivity contribution in [2.45, 2.75) is 49.6 Å². The molecule has 360 valence electrons. The first-order valence-corrected chi connectivity index (χ1v) is 26.6. The third kappa shape index (κ3) is 27.6. The third-order valence-electron chi connectivity index (χ3n) is 7.83. The Morgan fingerprint density at radius 3 is 0.700 bits per heavy atom. The van der Waals surface area contributed by atoms with Crippen LogP contribution in [0.4, 0.5) is 0 Å². The minimum Gasteiger partial charge on any atom is -0.343 e. The fraction of sp³-hybridized carbons (Fsp3) is 1.00. The molecular formula is C20H52N4O28P8. The van der Waals surface area contributed by atoms with Gasteiger partial charge in [0.2, 0.25) is 0 Å². The Balaban J connectivity index is 3.62. The molecule has 14 N–H and O–H groups in total. The van der Waals surface area contributed by atoms with Crippen LogP contribution >= 0.6 is 66.7 Å². The van der Waals surface area contributed by atoms with Crippen LogP contribution in [0.1, 0.15) is 25.7 Å². The van der Waals surface area contributed by atoms with Gasteiger partial charge in [-0.1, -0.05) is 0 Å². The lowest BCUT2D eigenvalue weighted by atomic mass is 10.2. The van der Waals surface area contributed by atoms with Crippen LogP contribution < -0.4 is 0 Å². The van der Waals surface area contributed by atoms with Crippen molar-refractivity contribution >= 4 is 66.7 Å². The van der Waals surface area contributed by atoms with Gasteiger partial charge in [0.15, 0.2) is 0 Å². The second-order valence-electron chi connectivity index (χ2n) is 12.1. The van der Waals surface area contributed by atoms with E-state index in [0.29, 0.717) is 0 Å². The minimum atomic E-state index is -3.97. The van der Waals surface area contributed by atoms with Crippen LogP contribution in [-0.4, -0.2) is 191 Å². The number of rotatable bonds is 28. The summed E-state index contributed by atoms with van der Waals surface area (Å²) < 4.78 is 105. The molecule has 0 aromatic heterocycles. The standard InChI is InChI=1S/C20H52N4O28P8/c25-17(45-53(29)30,46-54(31)32)1-5-21-9-11-22(6-2-18(26,47-55(33)34)48-56(35)36)13-15-24(8-4-20(28,51-59(41)42)52-60(43)44)16-14-23(12-10-21)7-3-19(27,49-57(37)38)50-58(39)40/h25-30,33-34,54,56-60H,1-16H2,(H,31,32)(H,35,36)(H,37,38)(H,39,40)(H,41,42)(H,43,44). The van der Waals surface area contributed by atoms with Crippen LogP contribution in [0.15, 0.2) is 0 Å². The Labute approximate surface area is 347 Å². The Morgan fingerprint density at radius 1 is 0.367 bits per heavy atom. The molecule has 1 rings (SSSR count). The lowest BCUT2D eigenvalue weighted by molar-refractivity contribution is -0.282. The molecule has 1 fully saturated rings. The van der Waals surface area contributed by atoms with Crippen molar-refractivity contribution in [3.8, 4) is 0 Å². The van der Waals surface area contributed by atoms with Crippen LogP contribution in [0.25, 0.3) is 0 Å². The van der Waals surface area contributed by atoms with Gasteiger partial charge in [0.25, 0.3) is 23.9 Å². The largest absolute Gasteiger partial charge is 0.343 e. The van der Waals surface area contributed by atoms with Gasteiger partial charge < -0.3 is 89.0 Å². The number of hydrogen-bond donors (Lipinski definition) is 14. The van der Waals surface area contributed by atoms with Gasteiger partial charge in [0.1, 0.15) is 0 Å². The summed E-state index contributed by atoms with van der Waals surface area (Å²) in [5.74, 6) is -12.1. The van der Waals surface area contributed by atoms with E-state index in [1.807, 2.05) is 0 Å². The summed E-state index contributed by atoms with van der Waals surface area (Å²) in [4.78, 5) is 99.0. The number of aliphatic hydroxyl groups is 4. The van der Waals surface area contributed by atoms with Gasteiger partial charge in [0, 0.05) is 104 Å². The van der Waals surface area contributed by atoms with Gasteiger partial charge >= 0.3 is 66.7 Å². The highest BCUT2D eigenvalue weighted by Gasteiger charge is 2.39. The molecule has 0 amide bonds. The molecule has 32 nitrogen and oxygen atoms in total. The Bertz CT molecular complexity index is 1300. The van der Waals surface area contributed by atoms with E-state index in [4.69, 9.17) is 0 Å². The average Bonchev–Trinajstić information content (AvgIpc) is 3.03. The van der Waals surface area contributed by atoms with Crippen molar-refractivity contribution in [3.63, 3.8) is 0 Å². The highest BCUT2D eigenvalue weighted by atomic mass is 31.2. The van der Waals surface area contributed by atoms with E-state index in [2.05, 4.69) is 36.2 Å². The molecular weight excluding hydrogens is 992 g/mol. The second-order valence-corrected chi connectivity index (χ2v) is 17.9. The quantitative estimate of drug-likeness (QED) is 0.0264. The van der Waals surface area contributed by atoms with E-state index in [0.717, 1.165) is 0 Å². The van der Waals surface area contributed by atoms with Crippen molar-refractivity contribution < 1.29 is 133 Å². The molecule has 1 aliphatic rings. The maximum Gasteiger partial charge on any atom is 0.331 e. The summed E-state index contributed by atoms with van der Waals surface area (Å²) in [6, 6.07) is 0. The van der Waals surface area contributed by atoms with Crippen LogP contribution in [0.2, 0.25) is 0 Å².